The van der Waals surface area contributed by atoms with E-state index in [2.05, 4.69) is 23.4 Å². The molecular formula is C12H23N3O. The molecule has 0 amide bonds. The van der Waals surface area contributed by atoms with Gasteiger partial charge >= 0.3 is 0 Å². The van der Waals surface area contributed by atoms with Gasteiger partial charge in [-0.25, -0.2) is 0 Å². The minimum absolute atomic E-state index is 0.370. The summed E-state index contributed by atoms with van der Waals surface area (Å²) in [4.78, 5) is 0. The molecular weight excluding hydrogens is 202 g/mol. The lowest BCUT2D eigenvalue weighted by Gasteiger charge is -2.13. The molecule has 0 aromatic carbocycles. The molecule has 4 heteroatoms. The number of ether oxygens (including phenoxy) is 1. The molecule has 0 saturated carbocycles. The molecule has 1 aromatic heterocycles. The van der Waals surface area contributed by atoms with Gasteiger partial charge in [-0.3, -0.25) is 4.68 Å². The van der Waals surface area contributed by atoms with Gasteiger partial charge in [-0.15, -0.1) is 0 Å². The van der Waals surface area contributed by atoms with Gasteiger partial charge in [-0.2, -0.15) is 5.10 Å². The van der Waals surface area contributed by atoms with Crippen molar-refractivity contribution >= 4 is 0 Å². The highest BCUT2D eigenvalue weighted by Crippen LogP contribution is 2.10. The van der Waals surface area contributed by atoms with Crippen LogP contribution in [0.1, 0.15) is 37.9 Å². The summed E-state index contributed by atoms with van der Waals surface area (Å²) >= 11 is 0. The lowest BCUT2D eigenvalue weighted by molar-refractivity contribution is 0.192. The summed E-state index contributed by atoms with van der Waals surface area (Å²) in [5.74, 6) is 0. The van der Waals surface area contributed by atoms with Crippen LogP contribution >= 0.6 is 0 Å². The molecule has 0 radical (unpaired) electrons. The number of hydrogen-bond donors (Lipinski definition) is 1. The fourth-order valence-electron chi connectivity index (χ4n) is 1.78. The van der Waals surface area contributed by atoms with Crippen LogP contribution < -0.4 is 5.32 Å². The molecule has 4 nitrogen and oxygen atoms in total. The minimum Gasteiger partial charge on any atom is -0.385 e. The highest BCUT2D eigenvalue weighted by molar-refractivity contribution is 5.04. The standard InChI is InChI=1S/C12H23N3O/c1-11(12-7-9-14-15(12)2)13-8-5-4-6-10-16-3/h7,9,11,13H,4-6,8,10H2,1-3H3. The number of aryl methyl sites for hydroxylation is 1. The predicted octanol–water partition coefficient (Wildman–Crippen LogP) is 1.89. The normalized spacial score (nSPS) is 12.9. The molecule has 1 unspecified atom stereocenters. The second-order valence-electron chi connectivity index (χ2n) is 4.11. The average Bonchev–Trinajstić information content (AvgIpc) is 2.69. The summed E-state index contributed by atoms with van der Waals surface area (Å²) in [6.07, 6.45) is 5.41. The van der Waals surface area contributed by atoms with E-state index in [1.165, 1.54) is 18.5 Å². The lowest BCUT2D eigenvalue weighted by Crippen LogP contribution is -2.22. The van der Waals surface area contributed by atoms with Crippen LogP contribution in [-0.2, 0) is 11.8 Å². The molecule has 0 fully saturated rings. The van der Waals surface area contributed by atoms with Gasteiger partial charge in [0.15, 0.2) is 0 Å². The average molecular weight is 225 g/mol. The third kappa shape index (κ3) is 4.33. The van der Waals surface area contributed by atoms with E-state index in [4.69, 9.17) is 4.74 Å². The first kappa shape index (κ1) is 13.2. The number of hydrogen-bond acceptors (Lipinski definition) is 3. The zero-order valence-electron chi connectivity index (χ0n) is 10.6. The number of nitrogens with zero attached hydrogens (tertiary/aromatic N) is 2. The SMILES string of the molecule is COCCCCCNC(C)c1ccnn1C. The zero-order chi connectivity index (χ0) is 11.8. The van der Waals surface area contributed by atoms with E-state index < -0.39 is 0 Å². The Bertz CT molecular complexity index is 286. The minimum atomic E-state index is 0.370. The number of unbranched alkanes of at least 4 members (excludes halogenated alkanes) is 2. The molecule has 0 saturated heterocycles. The molecule has 0 aliphatic rings. The molecule has 0 bridgehead atoms. The molecule has 1 heterocycles. The van der Waals surface area contributed by atoms with Crippen LogP contribution in [0.2, 0.25) is 0 Å². The van der Waals surface area contributed by atoms with Crippen molar-refractivity contribution in [2.75, 3.05) is 20.3 Å². The summed E-state index contributed by atoms with van der Waals surface area (Å²) in [5, 5.41) is 7.67. The molecule has 1 atom stereocenters. The Labute approximate surface area is 98.0 Å². The van der Waals surface area contributed by atoms with Crippen molar-refractivity contribution in [1.29, 1.82) is 0 Å². The van der Waals surface area contributed by atoms with Crippen molar-refractivity contribution in [3.05, 3.63) is 18.0 Å². The summed E-state index contributed by atoms with van der Waals surface area (Å²) in [6, 6.07) is 2.43. The Morgan fingerprint density at radius 1 is 1.44 bits per heavy atom. The van der Waals surface area contributed by atoms with Crippen LogP contribution in [0.25, 0.3) is 0 Å². The van der Waals surface area contributed by atoms with Crippen molar-refractivity contribution in [2.24, 2.45) is 7.05 Å². The number of rotatable bonds is 8. The number of nitrogens with one attached hydrogen (secondary N) is 1. The zero-order valence-corrected chi connectivity index (χ0v) is 10.6. The predicted molar refractivity (Wildman–Crippen MR) is 65.4 cm³/mol. The van der Waals surface area contributed by atoms with Crippen LogP contribution in [0.4, 0.5) is 0 Å². The highest BCUT2D eigenvalue weighted by Gasteiger charge is 2.07. The van der Waals surface area contributed by atoms with Crippen LogP contribution in [0.3, 0.4) is 0 Å². The Balaban J connectivity index is 2.11. The van der Waals surface area contributed by atoms with E-state index in [-0.39, 0.29) is 0 Å². The Kier molecular flexibility index (Phi) is 6.11. The van der Waals surface area contributed by atoms with E-state index in [0.29, 0.717) is 6.04 Å². The third-order valence-electron chi connectivity index (χ3n) is 2.78. The highest BCUT2D eigenvalue weighted by atomic mass is 16.5. The van der Waals surface area contributed by atoms with E-state index in [0.717, 1.165) is 19.6 Å². The Morgan fingerprint density at radius 3 is 2.88 bits per heavy atom. The molecule has 92 valence electrons. The largest absolute Gasteiger partial charge is 0.385 e. The van der Waals surface area contributed by atoms with Crippen LogP contribution in [0.15, 0.2) is 12.3 Å². The molecule has 0 aliphatic heterocycles. The third-order valence-corrected chi connectivity index (χ3v) is 2.78. The van der Waals surface area contributed by atoms with Gasteiger partial charge < -0.3 is 10.1 Å². The second kappa shape index (κ2) is 7.41. The van der Waals surface area contributed by atoms with E-state index in [1.807, 2.05) is 17.9 Å². The Hall–Kier alpha value is -0.870. The van der Waals surface area contributed by atoms with Crippen molar-refractivity contribution < 1.29 is 4.74 Å². The summed E-state index contributed by atoms with van der Waals surface area (Å²) in [6.45, 7) is 4.10. The molecule has 1 N–H and O–H groups in total. The first-order valence-electron chi connectivity index (χ1n) is 5.96. The molecule has 16 heavy (non-hydrogen) atoms. The van der Waals surface area contributed by atoms with Crippen molar-refractivity contribution in [3.63, 3.8) is 0 Å². The van der Waals surface area contributed by atoms with Gasteiger partial charge in [0.2, 0.25) is 0 Å². The van der Waals surface area contributed by atoms with Crippen LogP contribution in [0.5, 0.6) is 0 Å². The lowest BCUT2D eigenvalue weighted by atomic mass is 10.2. The van der Waals surface area contributed by atoms with Gasteiger partial charge in [0.1, 0.15) is 0 Å². The Morgan fingerprint density at radius 2 is 2.25 bits per heavy atom. The topological polar surface area (TPSA) is 39.1 Å². The van der Waals surface area contributed by atoms with Gasteiger partial charge in [-0.05, 0) is 38.8 Å². The molecule has 1 aromatic rings. The maximum atomic E-state index is 5.01. The van der Waals surface area contributed by atoms with E-state index in [1.54, 1.807) is 7.11 Å². The summed E-state index contributed by atoms with van der Waals surface area (Å²) in [5.41, 5.74) is 1.23. The smallest absolute Gasteiger partial charge is 0.0547 e. The molecule has 0 aliphatic carbocycles. The number of methoxy groups -OCH3 is 1. The quantitative estimate of drug-likeness (QED) is 0.687. The monoisotopic (exact) mass is 225 g/mol. The van der Waals surface area contributed by atoms with Gasteiger partial charge in [0, 0.05) is 33.0 Å². The van der Waals surface area contributed by atoms with Crippen LogP contribution in [-0.4, -0.2) is 30.0 Å². The van der Waals surface area contributed by atoms with Crippen molar-refractivity contribution in [2.45, 2.75) is 32.2 Å². The van der Waals surface area contributed by atoms with E-state index >= 15 is 0 Å². The summed E-state index contributed by atoms with van der Waals surface area (Å²) < 4.78 is 6.93. The van der Waals surface area contributed by atoms with Gasteiger partial charge in [-0.1, -0.05) is 0 Å². The van der Waals surface area contributed by atoms with Gasteiger partial charge in [0.05, 0.1) is 5.69 Å². The fraction of sp³-hybridized carbons (Fsp3) is 0.750. The van der Waals surface area contributed by atoms with E-state index in [9.17, 15) is 0 Å². The van der Waals surface area contributed by atoms with Crippen molar-refractivity contribution in [1.82, 2.24) is 15.1 Å². The molecule has 0 spiro atoms. The maximum absolute atomic E-state index is 5.01. The van der Waals surface area contributed by atoms with Gasteiger partial charge in [0.25, 0.3) is 0 Å². The summed E-state index contributed by atoms with van der Waals surface area (Å²) in [7, 11) is 3.73. The number of aromatic nitrogens is 2. The maximum Gasteiger partial charge on any atom is 0.0547 e. The first-order chi connectivity index (χ1) is 7.75. The fourth-order valence-corrected chi connectivity index (χ4v) is 1.78. The first-order valence-corrected chi connectivity index (χ1v) is 5.96. The van der Waals surface area contributed by atoms with Crippen molar-refractivity contribution in [3.8, 4) is 0 Å². The molecule has 1 rings (SSSR count). The second-order valence-corrected chi connectivity index (χ2v) is 4.11. The van der Waals surface area contributed by atoms with Crippen LogP contribution in [0, 0.1) is 0 Å².